The number of aromatic nitrogens is 2. The first-order valence-corrected chi connectivity index (χ1v) is 4.93. The standard InChI is InChI=1S/C10H17N3O/c1-3-6-13(7-8-14)10-11-5-4-9(2)12-10/h4-5,14H,3,6-8H2,1-2H3. The van der Waals surface area contributed by atoms with Crippen LogP contribution in [-0.4, -0.2) is 34.8 Å². The number of hydrogen-bond acceptors (Lipinski definition) is 4. The van der Waals surface area contributed by atoms with Crippen LogP contribution in [0.15, 0.2) is 12.3 Å². The lowest BCUT2D eigenvalue weighted by Gasteiger charge is -2.20. The lowest BCUT2D eigenvalue weighted by Crippen LogP contribution is -2.29. The van der Waals surface area contributed by atoms with Gasteiger partial charge in [0.15, 0.2) is 0 Å². The summed E-state index contributed by atoms with van der Waals surface area (Å²) in [6, 6.07) is 1.87. The molecule has 0 aromatic carbocycles. The van der Waals surface area contributed by atoms with Gasteiger partial charge < -0.3 is 10.0 Å². The van der Waals surface area contributed by atoms with E-state index >= 15 is 0 Å². The van der Waals surface area contributed by atoms with Crippen LogP contribution >= 0.6 is 0 Å². The molecule has 0 aliphatic rings. The molecule has 0 bridgehead atoms. The summed E-state index contributed by atoms with van der Waals surface area (Å²) < 4.78 is 0. The van der Waals surface area contributed by atoms with Crippen LogP contribution < -0.4 is 4.90 Å². The van der Waals surface area contributed by atoms with Gasteiger partial charge in [0.2, 0.25) is 5.95 Å². The highest BCUT2D eigenvalue weighted by atomic mass is 16.3. The van der Waals surface area contributed by atoms with Crippen molar-refractivity contribution in [3.05, 3.63) is 18.0 Å². The van der Waals surface area contributed by atoms with E-state index in [9.17, 15) is 0 Å². The molecule has 4 nitrogen and oxygen atoms in total. The maximum atomic E-state index is 8.90. The van der Waals surface area contributed by atoms with E-state index in [4.69, 9.17) is 5.11 Å². The molecule has 0 aliphatic heterocycles. The number of aliphatic hydroxyl groups excluding tert-OH is 1. The van der Waals surface area contributed by atoms with Crippen molar-refractivity contribution in [2.75, 3.05) is 24.6 Å². The number of anilines is 1. The summed E-state index contributed by atoms with van der Waals surface area (Å²) in [5, 5.41) is 8.90. The number of aryl methyl sites for hydroxylation is 1. The summed E-state index contributed by atoms with van der Waals surface area (Å²) in [6.45, 7) is 5.65. The summed E-state index contributed by atoms with van der Waals surface area (Å²) >= 11 is 0. The van der Waals surface area contributed by atoms with Crippen LogP contribution in [0.1, 0.15) is 19.0 Å². The van der Waals surface area contributed by atoms with Crippen LogP contribution in [0.4, 0.5) is 5.95 Å². The molecule has 78 valence electrons. The summed E-state index contributed by atoms with van der Waals surface area (Å²) in [6.07, 6.45) is 2.77. The molecule has 0 saturated carbocycles. The SMILES string of the molecule is CCCN(CCO)c1nccc(C)n1. The molecule has 1 aromatic heterocycles. The van der Waals surface area contributed by atoms with Crippen LogP contribution in [0.5, 0.6) is 0 Å². The molecule has 0 saturated heterocycles. The average Bonchev–Trinajstić information content (AvgIpc) is 2.17. The van der Waals surface area contributed by atoms with Crippen molar-refractivity contribution < 1.29 is 5.11 Å². The first kappa shape index (κ1) is 10.9. The Morgan fingerprint density at radius 3 is 2.79 bits per heavy atom. The molecule has 0 spiro atoms. The topological polar surface area (TPSA) is 49.2 Å². The van der Waals surface area contributed by atoms with Gasteiger partial charge in [-0.25, -0.2) is 9.97 Å². The molecule has 1 N–H and O–H groups in total. The zero-order valence-corrected chi connectivity index (χ0v) is 8.77. The first-order chi connectivity index (χ1) is 6.77. The van der Waals surface area contributed by atoms with Crippen molar-refractivity contribution in [2.24, 2.45) is 0 Å². The van der Waals surface area contributed by atoms with E-state index in [0.29, 0.717) is 12.5 Å². The van der Waals surface area contributed by atoms with Gasteiger partial charge in [0.25, 0.3) is 0 Å². The second-order valence-corrected chi connectivity index (χ2v) is 3.21. The summed E-state index contributed by atoms with van der Waals surface area (Å²) in [4.78, 5) is 10.5. The van der Waals surface area contributed by atoms with Gasteiger partial charge in [-0.3, -0.25) is 0 Å². The van der Waals surface area contributed by atoms with Gasteiger partial charge in [-0.05, 0) is 19.4 Å². The van der Waals surface area contributed by atoms with Crippen LogP contribution in [-0.2, 0) is 0 Å². The Morgan fingerprint density at radius 1 is 1.43 bits per heavy atom. The zero-order valence-electron chi connectivity index (χ0n) is 8.77. The molecular formula is C10H17N3O. The summed E-state index contributed by atoms with van der Waals surface area (Å²) in [5.41, 5.74) is 0.953. The van der Waals surface area contributed by atoms with E-state index in [1.54, 1.807) is 6.20 Å². The fourth-order valence-electron chi connectivity index (χ4n) is 1.29. The molecule has 0 amide bonds. The number of nitrogens with zero attached hydrogens (tertiary/aromatic N) is 3. The third-order valence-electron chi connectivity index (χ3n) is 1.93. The molecule has 0 atom stereocenters. The van der Waals surface area contributed by atoms with E-state index in [2.05, 4.69) is 16.9 Å². The molecule has 0 unspecified atom stereocenters. The van der Waals surface area contributed by atoms with Crippen LogP contribution in [0.2, 0.25) is 0 Å². The second-order valence-electron chi connectivity index (χ2n) is 3.21. The van der Waals surface area contributed by atoms with Crippen molar-refractivity contribution in [3.63, 3.8) is 0 Å². The van der Waals surface area contributed by atoms with Gasteiger partial charge in [-0.15, -0.1) is 0 Å². The maximum Gasteiger partial charge on any atom is 0.225 e. The van der Waals surface area contributed by atoms with E-state index in [0.717, 1.165) is 18.7 Å². The minimum Gasteiger partial charge on any atom is -0.395 e. The third-order valence-corrected chi connectivity index (χ3v) is 1.93. The predicted octanol–water partition coefficient (Wildman–Crippen LogP) is 0.994. The number of rotatable bonds is 5. The molecule has 0 fully saturated rings. The molecule has 14 heavy (non-hydrogen) atoms. The highest BCUT2D eigenvalue weighted by Crippen LogP contribution is 2.06. The van der Waals surface area contributed by atoms with Crippen molar-refractivity contribution in [1.29, 1.82) is 0 Å². The second kappa shape index (κ2) is 5.54. The highest BCUT2D eigenvalue weighted by Gasteiger charge is 2.06. The van der Waals surface area contributed by atoms with E-state index in [1.807, 2.05) is 17.9 Å². The largest absolute Gasteiger partial charge is 0.395 e. The van der Waals surface area contributed by atoms with Crippen molar-refractivity contribution in [2.45, 2.75) is 20.3 Å². The van der Waals surface area contributed by atoms with Crippen molar-refractivity contribution >= 4 is 5.95 Å². The van der Waals surface area contributed by atoms with E-state index in [1.165, 1.54) is 0 Å². The number of aliphatic hydroxyl groups is 1. The molecule has 0 aliphatic carbocycles. The maximum absolute atomic E-state index is 8.90. The quantitative estimate of drug-likeness (QED) is 0.761. The summed E-state index contributed by atoms with van der Waals surface area (Å²) in [7, 11) is 0. The van der Waals surface area contributed by atoms with E-state index in [-0.39, 0.29) is 6.61 Å². The Morgan fingerprint density at radius 2 is 2.21 bits per heavy atom. The Kier molecular flexibility index (Phi) is 4.32. The Labute approximate surface area is 84.6 Å². The minimum absolute atomic E-state index is 0.136. The zero-order chi connectivity index (χ0) is 10.4. The highest BCUT2D eigenvalue weighted by molar-refractivity contribution is 5.29. The van der Waals surface area contributed by atoms with Gasteiger partial charge in [0, 0.05) is 25.0 Å². The third kappa shape index (κ3) is 2.96. The van der Waals surface area contributed by atoms with Gasteiger partial charge >= 0.3 is 0 Å². The van der Waals surface area contributed by atoms with Crippen LogP contribution in [0.3, 0.4) is 0 Å². The fourth-order valence-corrected chi connectivity index (χ4v) is 1.29. The van der Waals surface area contributed by atoms with Crippen LogP contribution in [0, 0.1) is 6.92 Å². The fraction of sp³-hybridized carbons (Fsp3) is 0.600. The molecule has 1 aromatic rings. The first-order valence-electron chi connectivity index (χ1n) is 4.93. The monoisotopic (exact) mass is 195 g/mol. The normalized spacial score (nSPS) is 10.2. The predicted molar refractivity (Wildman–Crippen MR) is 56.4 cm³/mol. The van der Waals surface area contributed by atoms with Crippen molar-refractivity contribution in [3.8, 4) is 0 Å². The Balaban J connectivity index is 2.75. The number of hydrogen-bond donors (Lipinski definition) is 1. The molecular weight excluding hydrogens is 178 g/mol. The van der Waals surface area contributed by atoms with Gasteiger partial charge in [-0.1, -0.05) is 6.92 Å². The lowest BCUT2D eigenvalue weighted by molar-refractivity contribution is 0.301. The molecule has 4 heteroatoms. The van der Waals surface area contributed by atoms with Crippen LogP contribution in [0.25, 0.3) is 0 Å². The molecule has 0 radical (unpaired) electrons. The Bertz CT molecular complexity index is 272. The van der Waals surface area contributed by atoms with E-state index < -0.39 is 0 Å². The molecule has 1 rings (SSSR count). The Hall–Kier alpha value is -1.16. The summed E-state index contributed by atoms with van der Waals surface area (Å²) in [5.74, 6) is 0.709. The van der Waals surface area contributed by atoms with Gasteiger partial charge in [0.05, 0.1) is 6.61 Å². The van der Waals surface area contributed by atoms with Gasteiger partial charge in [0.1, 0.15) is 0 Å². The van der Waals surface area contributed by atoms with Gasteiger partial charge in [-0.2, -0.15) is 0 Å². The smallest absolute Gasteiger partial charge is 0.225 e. The van der Waals surface area contributed by atoms with Crippen molar-refractivity contribution in [1.82, 2.24) is 9.97 Å². The lowest BCUT2D eigenvalue weighted by atomic mass is 10.4. The molecule has 1 heterocycles. The minimum atomic E-state index is 0.136. The average molecular weight is 195 g/mol.